The Balaban J connectivity index is 0.000000240. The van der Waals surface area contributed by atoms with Crippen LogP contribution in [0.1, 0.15) is 260 Å². The van der Waals surface area contributed by atoms with E-state index in [1.807, 2.05) is 63.8 Å². The zero-order chi connectivity index (χ0) is 92.1. The lowest BCUT2D eigenvalue weighted by molar-refractivity contribution is -0.126. The van der Waals surface area contributed by atoms with Crippen LogP contribution in [0.5, 0.6) is 0 Å². The van der Waals surface area contributed by atoms with Gasteiger partial charge in [0.15, 0.2) is 0 Å². The fraction of sp³-hybridized carbons (Fsp3) is 0.711. The number of allylic oxidation sites excluding steroid dienone is 15. The van der Waals surface area contributed by atoms with Gasteiger partial charge in [-0.15, -0.1) is 0 Å². The zero-order valence-electron chi connectivity index (χ0n) is 80.1. The van der Waals surface area contributed by atoms with Crippen molar-refractivity contribution in [2.45, 2.75) is 266 Å². The molecule has 0 aromatic carbocycles. The second-order valence-corrected chi connectivity index (χ2v) is 43.2. The van der Waals surface area contributed by atoms with Crippen LogP contribution in [0.3, 0.4) is 0 Å². The van der Waals surface area contributed by atoms with Crippen molar-refractivity contribution in [3.8, 4) is 0 Å². The number of ether oxygens (including phenoxy) is 2. The van der Waals surface area contributed by atoms with Crippen molar-refractivity contribution in [3.63, 3.8) is 0 Å². The molecule has 0 atom stereocenters. The minimum atomic E-state index is -3.18. The summed E-state index contributed by atoms with van der Waals surface area (Å²) >= 11 is 0. The van der Waals surface area contributed by atoms with Gasteiger partial charge < -0.3 is 54.0 Å². The van der Waals surface area contributed by atoms with Gasteiger partial charge in [-0.3, -0.25) is 24.0 Å². The lowest BCUT2D eigenvalue weighted by atomic mass is 9.72. The molecule has 10 aliphatic rings. The standard InChI is InChI=1S/C21H35N3O2.C20H32N2O3.C19H32N2O3S.C19H30N2O3.C18H30N2O3S/c1-16(2)22-20(26)24-13-7-12-23(14-15-24)19(25)10-9-18-17(3)8-6-11-21(18,4)5;1-5-25-19(24)22-13-7-12-21(14-15-22)18(23)10-9-17-16(2)8-6-11-20(17,3)4;1-5-25(23,24)21-13-7-12-20(14-15-21)18(22)10-9-17-16(2)8-6-11-19(17,3)4;1-15-7-5-10-19(2,3)16(15)8-9-17(22)20-11-6-12-21(14-13-20)18(23)24-4;1-15-7-5-10-18(2,3)16(15)8-9-17(21)19-11-6-12-20(14-13-19)24(4,22)23/h9-10,16H,6-8,11-15H2,1-5H3,(H,22,26);2*9-10H,5-8,11-15H2,1-4H3;2*8-9H,5-7,10-14H2,1-4H3/b3*10-9+;2*9-8+. The van der Waals surface area contributed by atoms with Gasteiger partial charge in [0.2, 0.25) is 49.6 Å². The molecule has 5 heterocycles. The van der Waals surface area contributed by atoms with E-state index in [1.54, 1.807) is 63.8 Å². The first kappa shape index (κ1) is 105. The molecule has 1 N–H and O–H groups in total. The summed E-state index contributed by atoms with van der Waals surface area (Å²) < 4.78 is 60.2. The van der Waals surface area contributed by atoms with Gasteiger partial charge in [-0.05, 0) is 246 Å². The van der Waals surface area contributed by atoms with E-state index < -0.39 is 20.0 Å². The Morgan fingerprint density at radius 1 is 0.347 bits per heavy atom. The minimum absolute atomic E-state index is 0.0163. The highest BCUT2D eigenvalue weighted by molar-refractivity contribution is 7.89. The summed E-state index contributed by atoms with van der Waals surface area (Å²) in [6, 6.07) is 0.0939. The third kappa shape index (κ3) is 32.3. The second-order valence-electron chi connectivity index (χ2n) is 38.9. The number of urea groups is 1. The Labute approximate surface area is 747 Å². The number of methoxy groups -OCH3 is 1. The molecule has 5 aliphatic heterocycles. The lowest BCUT2D eigenvalue weighted by Crippen LogP contribution is -2.44. The van der Waals surface area contributed by atoms with Gasteiger partial charge in [-0.25, -0.2) is 39.8 Å². The van der Waals surface area contributed by atoms with E-state index in [1.165, 1.54) is 116 Å². The molecular formula is C97H159N11O14S2. The number of carbonyl (C=O) groups is 8. The van der Waals surface area contributed by atoms with Crippen molar-refractivity contribution < 1.29 is 64.7 Å². The summed E-state index contributed by atoms with van der Waals surface area (Å²) in [7, 11) is -4.97. The Kier molecular flexibility index (Phi) is 41.1. The lowest BCUT2D eigenvalue weighted by Gasteiger charge is -2.33. The van der Waals surface area contributed by atoms with E-state index in [4.69, 9.17) is 9.47 Å². The fourth-order valence-electron chi connectivity index (χ4n) is 19.0. The van der Waals surface area contributed by atoms with Crippen LogP contribution in [0.25, 0.3) is 0 Å². The highest BCUT2D eigenvalue weighted by atomic mass is 32.2. The maximum absolute atomic E-state index is 12.7. The quantitative estimate of drug-likeness (QED) is 0.149. The highest BCUT2D eigenvalue weighted by Crippen LogP contribution is 2.45. The number of rotatable bonds is 15. The molecule has 5 fully saturated rings. The average Bonchev–Trinajstić information content (AvgIpc) is 0.989. The summed E-state index contributed by atoms with van der Waals surface area (Å²) in [4.78, 5) is 113. The first-order chi connectivity index (χ1) is 58.2. The summed E-state index contributed by atoms with van der Waals surface area (Å²) in [6.07, 6.45) is 40.4. The van der Waals surface area contributed by atoms with E-state index in [9.17, 15) is 55.2 Å². The smallest absolute Gasteiger partial charge is 0.409 e. The van der Waals surface area contributed by atoms with Crippen LogP contribution in [0.15, 0.2) is 116 Å². The second kappa shape index (κ2) is 48.5. The molecule has 0 radical (unpaired) electrons. The largest absolute Gasteiger partial charge is 0.453 e. The predicted octanol–water partition coefficient (Wildman–Crippen LogP) is 16.4. The molecule has 10 rings (SSSR count). The average molecular weight is 1770 g/mol. The number of hydrogen-bond donors (Lipinski definition) is 1. The molecule has 0 unspecified atom stereocenters. The van der Waals surface area contributed by atoms with Gasteiger partial charge >= 0.3 is 18.2 Å². The monoisotopic (exact) mass is 1770 g/mol. The molecule has 0 aromatic heterocycles. The Bertz CT molecular complexity index is 4250. The normalized spacial score (nSPS) is 22.2. The molecule has 0 saturated carbocycles. The van der Waals surface area contributed by atoms with Crippen molar-refractivity contribution in [3.05, 3.63) is 116 Å². The van der Waals surface area contributed by atoms with Crippen LogP contribution in [0.4, 0.5) is 14.4 Å². The van der Waals surface area contributed by atoms with Crippen molar-refractivity contribution in [2.24, 2.45) is 27.1 Å². The number of hydrogen-bond acceptors (Lipinski definition) is 14. The fourth-order valence-corrected chi connectivity index (χ4v) is 21.0. The molecular weight excluding hydrogens is 1610 g/mol. The molecule has 698 valence electrons. The van der Waals surface area contributed by atoms with Gasteiger partial charge in [-0.1, -0.05) is 127 Å². The number of amides is 9. The number of nitrogens with zero attached hydrogens (tertiary/aromatic N) is 10. The Hall–Kier alpha value is -7.62. The van der Waals surface area contributed by atoms with Crippen molar-refractivity contribution in [2.75, 3.05) is 157 Å². The van der Waals surface area contributed by atoms with Gasteiger partial charge in [0, 0.05) is 167 Å². The summed E-state index contributed by atoms with van der Waals surface area (Å²) in [5.74, 6) is 0.196. The molecule has 9 amide bonds. The van der Waals surface area contributed by atoms with Crippen LogP contribution >= 0.6 is 0 Å². The number of carbonyl (C=O) groups excluding carboxylic acids is 8. The van der Waals surface area contributed by atoms with Crippen molar-refractivity contribution >= 4 is 67.8 Å². The number of nitrogens with one attached hydrogen (secondary N) is 1. The molecule has 25 nitrogen and oxygen atoms in total. The molecule has 27 heteroatoms. The topological polar surface area (TPSA) is 268 Å². The van der Waals surface area contributed by atoms with Crippen LogP contribution in [-0.4, -0.2) is 275 Å². The summed E-state index contributed by atoms with van der Waals surface area (Å²) in [5.41, 5.74) is 14.0. The van der Waals surface area contributed by atoms with Gasteiger partial charge in [0.25, 0.3) is 0 Å². The van der Waals surface area contributed by atoms with Crippen LogP contribution in [-0.2, 0) is 53.5 Å². The maximum atomic E-state index is 12.7. The first-order valence-electron chi connectivity index (χ1n) is 46.3. The summed E-state index contributed by atoms with van der Waals surface area (Å²) in [5, 5.41) is 2.93. The van der Waals surface area contributed by atoms with E-state index in [0.29, 0.717) is 150 Å². The molecule has 0 aromatic rings. The van der Waals surface area contributed by atoms with Crippen LogP contribution in [0.2, 0.25) is 0 Å². The first-order valence-corrected chi connectivity index (χ1v) is 49.7. The van der Waals surface area contributed by atoms with Gasteiger partial charge in [0.05, 0.1) is 25.7 Å². The zero-order valence-corrected chi connectivity index (χ0v) is 81.7. The maximum Gasteiger partial charge on any atom is 0.409 e. The van der Waals surface area contributed by atoms with Crippen molar-refractivity contribution in [1.82, 2.24) is 53.1 Å². The molecule has 5 saturated heterocycles. The molecule has 0 bridgehead atoms. The van der Waals surface area contributed by atoms with Gasteiger partial charge in [0.1, 0.15) is 0 Å². The SMILES string of the molecule is CC1=C(/C=C/C(=O)N2CCCN(C(=O)NC(C)C)CC2)C(C)(C)CCC1.CC1=C(/C=C/C(=O)N2CCCN(S(C)(=O)=O)CC2)C(C)(C)CCC1.CCOC(=O)N1CCCN(C(=O)/C=C/C2=C(C)CCCC2(C)C)CC1.CCS(=O)(=O)N1CCCN(C(=O)/C=C/C2=C(C)CCCC2(C)C)CC1.COC(=O)N1CCCN(C(=O)/C=C/C2=C(C)CCCC2(C)C)CC1. The molecule has 5 aliphatic carbocycles. The Morgan fingerprint density at radius 3 is 0.855 bits per heavy atom. The van der Waals surface area contributed by atoms with Crippen LogP contribution in [0, 0.1) is 27.1 Å². The van der Waals surface area contributed by atoms with Crippen LogP contribution < -0.4 is 5.32 Å². The number of sulfonamides is 2. The van der Waals surface area contributed by atoms with E-state index in [2.05, 4.69) is 109 Å². The van der Waals surface area contributed by atoms with Crippen molar-refractivity contribution in [1.29, 1.82) is 0 Å². The molecule has 124 heavy (non-hydrogen) atoms. The Morgan fingerprint density at radius 2 is 0.589 bits per heavy atom. The summed E-state index contributed by atoms with van der Waals surface area (Å²) in [6.45, 7) is 52.4. The van der Waals surface area contributed by atoms with E-state index in [-0.39, 0.29) is 86.6 Å². The highest BCUT2D eigenvalue weighted by Gasteiger charge is 2.35. The third-order valence-corrected chi connectivity index (χ3v) is 29.7. The van der Waals surface area contributed by atoms with E-state index in [0.717, 1.165) is 77.0 Å². The predicted molar refractivity (Wildman–Crippen MR) is 499 cm³/mol. The minimum Gasteiger partial charge on any atom is -0.453 e. The van der Waals surface area contributed by atoms with Gasteiger partial charge in [-0.2, -0.15) is 0 Å². The third-order valence-electron chi connectivity index (χ3n) is 26.5. The molecule has 0 spiro atoms. The van der Waals surface area contributed by atoms with E-state index >= 15 is 0 Å².